The van der Waals surface area contributed by atoms with E-state index >= 15 is 0 Å². The lowest BCUT2D eigenvalue weighted by atomic mass is 10.1. The van der Waals surface area contributed by atoms with Gasteiger partial charge >= 0.3 is 0 Å². The number of aliphatic hydroxyl groups is 1. The van der Waals surface area contributed by atoms with E-state index < -0.39 is 0 Å². The molecule has 1 N–H and O–H groups in total. The standard InChI is InChI=1S/C11H22N2O/c14-11-4-3-7-13(10-11)9-8-12-5-1-2-6-12/h11,14H,1-10H2/t11-/m0/s1. The second-order valence-electron chi connectivity index (χ2n) is 4.65. The topological polar surface area (TPSA) is 26.7 Å². The van der Waals surface area contributed by atoms with Gasteiger partial charge in [-0.15, -0.1) is 0 Å². The lowest BCUT2D eigenvalue weighted by Crippen LogP contribution is -2.42. The van der Waals surface area contributed by atoms with Crippen molar-refractivity contribution in [3.8, 4) is 0 Å². The molecule has 0 bridgehead atoms. The molecule has 0 amide bonds. The van der Waals surface area contributed by atoms with Crippen molar-refractivity contribution >= 4 is 0 Å². The second-order valence-corrected chi connectivity index (χ2v) is 4.65. The molecule has 0 saturated carbocycles. The van der Waals surface area contributed by atoms with Gasteiger partial charge in [-0.2, -0.15) is 0 Å². The Morgan fingerprint density at radius 3 is 2.29 bits per heavy atom. The van der Waals surface area contributed by atoms with Crippen LogP contribution in [0.5, 0.6) is 0 Å². The number of hydrogen-bond acceptors (Lipinski definition) is 3. The Morgan fingerprint density at radius 2 is 1.57 bits per heavy atom. The Labute approximate surface area is 86.7 Å². The molecule has 3 nitrogen and oxygen atoms in total. The number of β-amino-alcohol motifs (C(OH)–C–C–N with tert-alkyl or cyclic N) is 1. The molecule has 0 aromatic rings. The van der Waals surface area contributed by atoms with E-state index in [1.54, 1.807) is 0 Å². The monoisotopic (exact) mass is 198 g/mol. The summed E-state index contributed by atoms with van der Waals surface area (Å²) in [7, 11) is 0. The molecular weight excluding hydrogens is 176 g/mol. The summed E-state index contributed by atoms with van der Waals surface area (Å²) in [5, 5.41) is 9.52. The third kappa shape index (κ3) is 2.94. The smallest absolute Gasteiger partial charge is 0.0667 e. The maximum Gasteiger partial charge on any atom is 0.0667 e. The van der Waals surface area contributed by atoms with E-state index in [2.05, 4.69) is 9.80 Å². The minimum atomic E-state index is -0.0673. The van der Waals surface area contributed by atoms with Crippen molar-refractivity contribution < 1.29 is 5.11 Å². The summed E-state index contributed by atoms with van der Waals surface area (Å²) in [5.74, 6) is 0. The maximum absolute atomic E-state index is 9.52. The van der Waals surface area contributed by atoms with Crippen LogP contribution in [0, 0.1) is 0 Å². The zero-order valence-electron chi connectivity index (χ0n) is 8.99. The first-order chi connectivity index (χ1) is 6.84. The molecule has 0 unspecified atom stereocenters. The number of aliphatic hydroxyl groups excluding tert-OH is 1. The minimum absolute atomic E-state index is 0.0673. The third-order valence-electron chi connectivity index (χ3n) is 3.41. The van der Waals surface area contributed by atoms with Gasteiger partial charge in [-0.1, -0.05) is 0 Å². The van der Waals surface area contributed by atoms with E-state index in [0.29, 0.717) is 0 Å². The number of nitrogens with zero attached hydrogens (tertiary/aromatic N) is 2. The molecule has 2 aliphatic rings. The summed E-state index contributed by atoms with van der Waals surface area (Å²) in [5.41, 5.74) is 0. The molecule has 0 aliphatic carbocycles. The predicted octanol–water partition coefficient (Wildman–Crippen LogP) is 0.539. The summed E-state index contributed by atoms with van der Waals surface area (Å²) in [6.45, 7) is 7.01. The minimum Gasteiger partial charge on any atom is -0.392 e. The van der Waals surface area contributed by atoms with Gasteiger partial charge in [-0.3, -0.25) is 4.90 Å². The van der Waals surface area contributed by atoms with Crippen molar-refractivity contribution in [2.45, 2.75) is 31.8 Å². The Kier molecular flexibility index (Phi) is 3.79. The first kappa shape index (κ1) is 10.4. The molecule has 2 rings (SSSR count). The van der Waals surface area contributed by atoms with E-state index in [-0.39, 0.29) is 6.10 Å². The van der Waals surface area contributed by atoms with Gasteiger partial charge in [0.25, 0.3) is 0 Å². The highest BCUT2D eigenvalue weighted by Crippen LogP contribution is 2.11. The summed E-state index contributed by atoms with van der Waals surface area (Å²) in [6, 6.07) is 0. The first-order valence-electron chi connectivity index (χ1n) is 5.97. The summed E-state index contributed by atoms with van der Waals surface area (Å²) in [4.78, 5) is 4.95. The molecule has 2 saturated heterocycles. The van der Waals surface area contributed by atoms with Crippen LogP contribution < -0.4 is 0 Å². The highest BCUT2D eigenvalue weighted by atomic mass is 16.3. The fourth-order valence-corrected chi connectivity index (χ4v) is 2.52. The van der Waals surface area contributed by atoms with Gasteiger partial charge < -0.3 is 10.0 Å². The van der Waals surface area contributed by atoms with Crippen LogP contribution in [0.2, 0.25) is 0 Å². The van der Waals surface area contributed by atoms with Crippen LogP contribution >= 0.6 is 0 Å². The lowest BCUT2D eigenvalue weighted by Gasteiger charge is -2.31. The Bertz CT molecular complexity index is 169. The Morgan fingerprint density at radius 1 is 0.929 bits per heavy atom. The van der Waals surface area contributed by atoms with Gasteiger partial charge in [0.2, 0.25) is 0 Å². The average Bonchev–Trinajstić information content (AvgIpc) is 2.67. The zero-order valence-corrected chi connectivity index (χ0v) is 8.99. The predicted molar refractivity (Wildman–Crippen MR) is 57.4 cm³/mol. The van der Waals surface area contributed by atoms with Crippen LogP contribution in [-0.2, 0) is 0 Å². The highest BCUT2D eigenvalue weighted by Gasteiger charge is 2.18. The molecule has 3 heteroatoms. The molecule has 0 aromatic carbocycles. The van der Waals surface area contributed by atoms with Crippen LogP contribution in [0.25, 0.3) is 0 Å². The summed E-state index contributed by atoms with van der Waals surface area (Å²) >= 11 is 0. The Balaban J connectivity index is 1.64. The zero-order chi connectivity index (χ0) is 9.80. The van der Waals surface area contributed by atoms with Gasteiger partial charge in [0, 0.05) is 19.6 Å². The van der Waals surface area contributed by atoms with E-state index in [1.807, 2.05) is 0 Å². The van der Waals surface area contributed by atoms with Crippen molar-refractivity contribution in [1.29, 1.82) is 0 Å². The quantitative estimate of drug-likeness (QED) is 0.717. The largest absolute Gasteiger partial charge is 0.392 e. The first-order valence-corrected chi connectivity index (χ1v) is 5.97. The van der Waals surface area contributed by atoms with Gasteiger partial charge in [0.15, 0.2) is 0 Å². The van der Waals surface area contributed by atoms with Crippen LogP contribution in [0.15, 0.2) is 0 Å². The maximum atomic E-state index is 9.52. The van der Waals surface area contributed by atoms with Gasteiger partial charge in [-0.25, -0.2) is 0 Å². The molecule has 2 heterocycles. The molecule has 82 valence electrons. The van der Waals surface area contributed by atoms with E-state index in [0.717, 1.165) is 19.5 Å². The molecule has 0 radical (unpaired) electrons. The summed E-state index contributed by atoms with van der Waals surface area (Å²) in [6.07, 6.45) is 4.86. The van der Waals surface area contributed by atoms with Crippen molar-refractivity contribution in [2.24, 2.45) is 0 Å². The normalized spacial score (nSPS) is 31.1. The fraction of sp³-hybridized carbons (Fsp3) is 1.00. The number of hydrogen-bond donors (Lipinski definition) is 1. The van der Waals surface area contributed by atoms with E-state index in [1.165, 1.54) is 45.4 Å². The summed E-state index contributed by atoms with van der Waals surface area (Å²) < 4.78 is 0. The molecule has 14 heavy (non-hydrogen) atoms. The molecule has 0 aromatic heterocycles. The SMILES string of the molecule is O[C@H]1CCCN(CCN2CCCC2)C1. The van der Waals surface area contributed by atoms with Crippen LogP contribution in [0.1, 0.15) is 25.7 Å². The van der Waals surface area contributed by atoms with Crippen molar-refractivity contribution in [3.05, 3.63) is 0 Å². The van der Waals surface area contributed by atoms with Crippen molar-refractivity contribution in [1.82, 2.24) is 9.80 Å². The van der Waals surface area contributed by atoms with Crippen LogP contribution in [0.4, 0.5) is 0 Å². The second kappa shape index (κ2) is 5.10. The highest BCUT2D eigenvalue weighted by molar-refractivity contribution is 4.74. The van der Waals surface area contributed by atoms with E-state index in [4.69, 9.17) is 0 Å². The number of rotatable bonds is 3. The Hall–Kier alpha value is -0.120. The number of likely N-dealkylation sites (tertiary alicyclic amines) is 2. The molecule has 0 spiro atoms. The fourth-order valence-electron chi connectivity index (χ4n) is 2.52. The van der Waals surface area contributed by atoms with Crippen molar-refractivity contribution in [3.63, 3.8) is 0 Å². The molecular formula is C11H22N2O. The third-order valence-corrected chi connectivity index (χ3v) is 3.41. The van der Waals surface area contributed by atoms with Crippen molar-refractivity contribution in [2.75, 3.05) is 39.3 Å². The van der Waals surface area contributed by atoms with Gasteiger partial charge in [0.1, 0.15) is 0 Å². The van der Waals surface area contributed by atoms with Gasteiger partial charge in [0.05, 0.1) is 6.10 Å². The lowest BCUT2D eigenvalue weighted by molar-refractivity contribution is 0.0660. The number of piperidine rings is 1. The van der Waals surface area contributed by atoms with Crippen LogP contribution in [-0.4, -0.2) is 60.3 Å². The molecule has 2 aliphatic heterocycles. The molecule has 2 fully saturated rings. The van der Waals surface area contributed by atoms with Gasteiger partial charge in [-0.05, 0) is 45.3 Å². The average molecular weight is 198 g/mol. The molecule has 1 atom stereocenters. The van der Waals surface area contributed by atoms with E-state index in [9.17, 15) is 5.11 Å². The van der Waals surface area contributed by atoms with Crippen LogP contribution in [0.3, 0.4) is 0 Å².